The molecule has 6 nitrogen and oxygen atoms in total. The van der Waals surface area contributed by atoms with Crippen LogP contribution in [0.3, 0.4) is 0 Å². The van der Waals surface area contributed by atoms with Crippen LogP contribution in [0.2, 0.25) is 5.02 Å². The Bertz CT molecular complexity index is 1220. The van der Waals surface area contributed by atoms with Crippen LogP contribution in [-0.4, -0.2) is 52.9 Å². The molecule has 1 N–H and O–H groups in total. The fourth-order valence-electron chi connectivity index (χ4n) is 5.20. The summed E-state index contributed by atoms with van der Waals surface area (Å²) in [6, 6.07) is 5.33. The molecule has 1 aliphatic rings. The van der Waals surface area contributed by atoms with Gasteiger partial charge in [0, 0.05) is 59.9 Å². The number of anilines is 1. The number of amides is 1. The molecule has 0 bridgehead atoms. The van der Waals surface area contributed by atoms with Crippen LogP contribution in [0.1, 0.15) is 54.1 Å². The molecule has 9 heteroatoms. The first kappa shape index (κ1) is 25.4. The van der Waals surface area contributed by atoms with Crippen molar-refractivity contribution < 1.29 is 13.6 Å². The lowest BCUT2D eigenvalue weighted by molar-refractivity contribution is 0.0950. The number of aromatic nitrogens is 2. The molecule has 0 radical (unpaired) electrons. The average molecular weight is 504 g/mol. The number of carbonyl (C=O) groups excluding carboxylic acids is 1. The number of fused-ring (bicyclic) bond motifs is 1. The molecule has 3 aromatic rings. The summed E-state index contributed by atoms with van der Waals surface area (Å²) in [7, 11) is 4.26. The van der Waals surface area contributed by atoms with Crippen LogP contribution in [0.25, 0.3) is 5.65 Å². The lowest BCUT2D eigenvalue weighted by Crippen LogP contribution is -2.42. The van der Waals surface area contributed by atoms with Crippen molar-refractivity contribution in [2.45, 2.75) is 58.2 Å². The zero-order valence-corrected chi connectivity index (χ0v) is 21.4. The number of benzene rings is 1. The van der Waals surface area contributed by atoms with Crippen LogP contribution in [0.15, 0.2) is 30.6 Å². The number of nitrogens with zero attached hydrogens (tertiary/aromatic N) is 4. The van der Waals surface area contributed by atoms with Crippen molar-refractivity contribution in [1.82, 2.24) is 19.6 Å². The van der Waals surface area contributed by atoms with Crippen molar-refractivity contribution in [2.24, 2.45) is 0 Å². The monoisotopic (exact) mass is 503 g/mol. The van der Waals surface area contributed by atoms with E-state index in [9.17, 15) is 13.6 Å². The topological polar surface area (TPSA) is 52.9 Å². The molecule has 1 aliphatic carbocycles. The first-order chi connectivity index (χ1) is 16.7. The molecule has 35 heavy (non-hydrogen) atoms. The Morgan fingerprint density at radius 2 is 1.86 bits per heavy atom. The van der Waals surface area contributed by atoms with Crippen LogP contribution < -0.4 is 10.2 Å². The molecule has 188 valence electrons. The normalized spacial score (nSPS) is 18.3. The first-order valence-corrected chi connectivity index (χ1v) is 12.4. The second kappa shape index (κ2) is 10.5. The summed E-state index contributed by atoms with van der Waals surface area (Å²) < 4.78 is 29.6. The molecule has 0 saturated heterocycles. The highest BCUT2D eigenvalue weighted by atomic mass is 35.5. The number of hydrogen-bond donors (Lipinski definition) is 1. The van der Waals surface area contributed by atoms with E-state index in [0.29, 0.717) is 22.7 Å². The van der Waals surface area contributed by atoms with Crippen molar-refractivity contribution in [3.05, 3.63) is 64.1 Å². The predicted octanol–water partition coefficient (Wildman–Crippen LogP) is 5.20. The minimum atomic E-state index is -0.754. The van der Waals surface area contributed by atoms with Gasteiger partial charge in [-0.1, -0.05) is 11.6 Å². The molecule has 1 amide bonds. The predicted molar refractivity (Wildman–Crippen MR) is 135 cm³/mol. The molecule has 0 spiro atoms. The van der Waals surface area contributed by atoms with Crippen molar-refractivity contribution in [2.75, 3.05) is 25.5 Å². The highest BCUT2D eigenvalue weighted by molar-refractivity contribution is 6.31. The molecule has 1 saturated carbocycles. The molecule has 4 rings (SSSR count). The highest BCUT2D eigenvalue weighted by Crippen LogP contribution is 2.34. The molecule has 1 aromatic carbocycles. The number of halogens is 3. The fraction of sp³-hybridized carbons (Fsp3) is 0.462. The average Bonchev–Trinajstić information content (AvgIpc) is 3.32. The van der Waals surface area contributed by atoms with Gasteiger partial charge in [-0.2, -0.15) is 4.39 Å². The van der Waals surface area contributed by atoms with Gasteiger partial charge >= 0.3 is 0 Å². The largest absolute Gasteiger partial charge is 0.369 e. The quantitative estimate of drug-likeness (QED) is 0.450. The van der Waals surface area contributed by atoms with Gasteiger partial charge in [0.2, 0.25) is 5.95 Å². The fourth-order valence-corrected chi connectivity index (χ4v) is 5.42. The van der Waals surface area contributed by atoms with E-state index in [1.54, 1.807) is 6.07 Å². The number of nitrogens with one attached hydrogen (secondary N) is 1. The van der Waals surface area contributed by atoms with Gasteiger partial charge in [-0.25, -0.2) is 9.37 Å². The van der Waals surface area contributed by atoms with Crippen molar-refractivity contribution in [1.29, 1.82) is 0 Å². The van der Waals surface area contributed by atoms with Crippen LogP contribution in [0.5, 0.6) is 0 Å². The van der Waals surface area contributed by atoms with Crippen molar-refractivity contribution in [3.8, 4) is 0 Å². The number of carbonyl (C=O) groups is 1. The smallest absolute Gasteiger partial charge is 0.251 e. The number of pyridine rings is 1. The van der Waals surface area contributed by atoms with E-state index in [0.717, 1.165) is 53.9 Å². The Morgan fingerprint density at radius 3 is 2.51 bits per heavy atom. The van der Waals surface area contributed by atoms with Gasteiger partial charge < -0.3 is 15.1 Å². The molecule has 1 fully saturated rings. The molecule has 2 aromatic heterocycles. The maximum atomic E-state index is 14.5. The molecular formula is C26H32ClF2N5O. The summed E-state index contributed by atoms with van der Waals surface area (Å²) in [4.78, 5) is 21.9. The van der Waals surface area contributed by atoms with Crippen molar-refractivity contribution >= 4 is 28.8 Å². The third-order valence-corrected chi connectivity index (χ3v) is 7.40. The minimum absolute atomic E-state index is 0.123. The Kier molecular flexibility index (Phi) is 7.62. The summed E-state index contributed by atoms with van der Waals surface area (Å²) in [5.41, 5.74) is 2.47. The standard InChI is InChI=1S/C26H32ClF2N5O/c1-5-33(19-8-6-18(7-9-19)32(3)4)23-13-17(27)12-20(16(23)2)26(35)31-15-21-22(28)14-24(29)34-11-10-30-25(21)34/h10-14,18-19H,5-9,15H2,1-4H3,(H,31,35)/t18-,19-. The number of imidazole rings is 1. The summed E-state index contributed by atoms with van der Waals surface area (Å²) in [6.07, 6.45) is 7.22. The van der Waals surface area contributed by atoms with Gasteiger partial charge in [0.15, 0.2) is 0 Å². The Morgan fingerprint density at radius 1 is 1.17 bits per heavy atom. The van der Waals surface area contributed by atoms with Gasteiger partial charge in [0.25, 0.3) is 5.91 Å². The van der Waals surface area contributed by atoms with Gasteiger partial charge in [0.05, 0.1) is 5.56 Å². The zero-order valence-electron chi connectivity index (χ0n) is 20.6. The SMILES string of the molecule is CCN(c1cc(Cl)cc(C(=O)NCc2c(F)cc(F)n3ccnc23)c1C)[C@H]1CC[C@H](N(C)C)CC1. The van der Waals surface area contributed by atoms with E-state index >= 15 is 0 Å². The van der Waals surface area contributed by atoms with Crippen LogP contribution in [-0.2, 0) is 6.54 Å². The molecule has 0 aliphatic heterocycles. The third kappa shape index (κ3) is 5.14. The number of hydrogen-bond acceptors (Lipinski definition) is 4. The second-order valence-corrected chi connectivity index (χ2v) is 9.84. The second-order valence-electron chi connectivity index (χ2n) is 9.41. The Balaban J connectivity index is 1.56. The van der Waals surface area contributed by atoms with E-state index < -0.39 is 11.8 Å². The van der Waals surface area contributed by atoms with Crippen LogP contribution in [0.4, 0.5) is 14.5 Å². The first-order valence-electron chi connectivity index (χ1n) is 12.0. The lowest BCUT2D eigenvalue weighted by atomic mass is 9.89. The van der Waals surface area contributed by atoms with E-state index in [1.165, 1.54) is 12.4 Å². The van der Waals surface area contributed by atoms with E-state index in [4.69, 9.17) is 11.6 Å². The molecule has 0 atom stereocenters. The van der Waals surface area contributed by atoms with E-state index in [1.807, 2.05) is 13.0 Å². The van der Waals surface area contributed by atoms with E-state index in [-0.39, 0.29) is 23.7 Å². The summed E-state index contributed by atoms with van der Waals surface area (Å²) in [6.45, 7) is 4.71. The third-order valence-electron chi connectivity index (χ3n) is 7.18. The molecular weight excluding hydrogens is 472 g/mol. The maximum Gasteiger partial charge on any atom is 0.251 e. The zero-order chi connectivity index (χ0) is 25.3. The maximum absolute atomic E-state index is 14.5. The van der Waals surface area contributed by atoms with Crippen LogP contribution >= 0.6 is 11.6 Å². The van der Waals surface area contributed by atoms with Gasteiger partial charge in [0.1, 0.15) is 11.5 Å². The van der Waals surface area contributed by atoms with E-state index in [2.05, 4.69) is 41.1 Å². The Hall–Kier alpha value is -2.71. The summed E-state index contributed by atoms with van der Waals surface area (Å²) in [5, 5.41) is 3.24. The van der Waals surface area contributed by atoms with Crippen LogP contribution in [0, 0.1) is 18.7 Å². The summed E-state index contributed by atoms with van der Waals surface area (Å²) in [5.74, 6) is -1.87. The highest BCUT2D eigenvalue weighted by Gasteiger charge is 2.28. The van der Waals surface area contributed by atoms with Gasteiger partial charge in [-0.05, 0) is 71.3 Å². The van der Waals surface area contributed by atoms with Gasteiger partial charge in [-0.3, -0.25) is 9.20 Å². The summed E-state index contributed by atoms with van der Waals surface area (Å²) >= 11 is 6.47. The minimum Gasteiger partial charge on any atom is -0.369 e. The number of rotatable bonds is 7. The Labute approximate surface area is 209 Å². The lowest BCUT2D eigenvalue weighted by Gasteiger charge is -2.40. The molecule has 0 unspecified atom stereocenters. The molecule has 2 heterocycles. The van der Waals surface area contributed by atoms with Crippen molar-refractivity contribution in [3.63, 3.8) is 0 Å². The van der Waals surface area contributed by atoms with Gasteiger partial charge in [-0.15, -0.1) is 0 Å².